The van der Waals surface area contributed by atoms with E-state index in [0.29, 0.717) is 12.0 Å². The van der Waals surface area contributed by atoms with Crippen molar-refractivity contribution in [2.24, 2.45) is 0 Å². The molecule has 1 rings (SSSR count). The number of hydrogen-bond acceptors (Lipinski definition) is 5. The van der Waals surface area contributed by atoms with Gasteiger partial charge in [0.15, 0.2) is 0 Å². The molecule has 0 radical (unpaired) electrons. The second-order valence-electron chi connectivity index (χ2n) is 4.62. The first-order chi connectivity index (χ1) is 7.33. The number of hydrogen-bond donors (Lipinski definition) is 1. The van der Waals surface area contributed by atoms with Crippen LogP contribution in [0.3, 0.4) is 0 Å². The zero-order valence-corrected chi connectivity index (χ0v) is 9.99. The van der Waals surface area contributed by atoms with Crippen molar-refractivity contribution in [3.63, 3.8) is 0 Å². The molecule has 0 spiro atoms. The van der Waals surface area contributed by atoms with Crippen molar-refractivity contribution in [1.29, 1.82) is 0 Å². The van der Waals surface area contributed by atoms with Gasteiger partial charge in [-0.1, -0.05) is 0 Å². The highest BCUT2D eigenvalue weighted by Gasteiger charge is 2.30. The molecular formula is C11H17NO4. The van der Waals surface area contributed by atoms with Crippen molar-refractivity contribution in [1.82, 2.24) is 5.32 Å². The van der Waals surface area contributed by atoms with Crippen LogP contribution in [0.5, 0.6) is 0 Å². The molecule has 1 unspecified atom stereocenters. The number of carbonyl (C=O) groups excluding carboxylic acids is 2. The van der Waals surface area contributed by atoms with Crippen LogP contribution in [0.15, 0.2) is 11.8 Å². The van der Waals surface area contributed by atoms with E-state index in [2.05, 4.69) is 10.1 Å². The summed E-state index contributed by atoms with van der Waals surface area (Å²) in [5.41, 5.74) is -0.0642. The minimum absolute atomic E-state index is 0.307. The lowest BCUT2D eigenvalue weighted by Crippen LogP contribution is -2.36. The molecule has 0 fully saturated rings. The normalized spacial score (nSPS) is 19.8. The van der Waals surface area contributed by atoms with E-state index in [1.807, 2.05) is 0 Å². The van der Waals surface area contributed by atoms with Crippen LogP contribution >= 0.6 is 0 Å². The highest BCUT2D eigenvalue weighted by molar-refractivity contribution is 5.91. The first kappa shape index (κ1) is 12.5. The van der Waals surface area contributed by atoms with Crippen LogP contribution in [0.1, 0.15) is 27.2 Å². The molecule has 5 heteroatoms. The Hall–Kier alpha value is -1.52. The average Bonchev–Trinajstić information content (AvgIpc) is 2.62. The van der Waals surface area contributed by atoms with Crippen molar-refractivity contribution in [2.75, 3.05) is 7.11 Å². The molecule has 90 valence electrons. The predicted molar refractivity (Wildman–Crippen MR) is 57.5 cm³/mol. The van der Waals surface area contributed by atoms with Crippen molar-refractivity contribution in [3.8, 4) is 0 Å². The second-order valence-corrected chi connectivity index (χ2v) is 4.62. The van der Waals surface area contributed by atoms with Gasteiger partial charge in [-0.25, -0.2) is 9.59 Å². The largest absolute Gasteiger partial charge is 0.466 e. The Morgan fingerprint density at radius 2 is 2.06 bits per heavy atom. The van der Waals surface area contributed by atoms with Crippen LogP contribution < -0.4 is 5.32 Å². The van der Waals surface area contributed by atoms with Crippen LogP contribution in [0, 0.1) is 0 Å². The molecule has 1 atom stereocenters. The number of ether oxygens (including phenoxy) is 2. The maximum Gasteiger partial charge on any atom is 0.335 e. The maximum atomic E-state index is 11.6. The van der Waals surface area contributed by atoms with Crippen molar-refractivity contribution >= 4 is 11.9 Å². The van der Waals surface area contributed by atoms with E-state index in [0.717, 1.165) is 0 Å². The van der Waals surface area contributed by atoms with Gasteiger partial charge < -0.3 is 14.8 Å². The smallest absolute Gasteiger partial charge is 0.335 e. The standard InChI is InChI=1S/C11H17NO4/c1-11(2,3)16-10(14)8-5-7(6-12-8)9(13)15-4/h6,8,12H,5H2,1-4H3. The van der Waals surface area contributed by atoms with Crippen LogP contribution in [-0.2, 0) is 19.1 Å². The van der Waals surface area contributed by atoms with E-state index in [1.165, 1.54) is 13.3 Å². The summed E-state index contributed by atoms with van der Waals surface area (Å²) in [4.78, 5) is 22.8. The quantitative estimate of drug-likeness (QED) is 0.705. The molecular weight excluding hydrogens is 210 g/mol. The summed E-state index contributed by atoms with van der Waals surface area (Å²) in [7, 11) is 1.31. The summed E-state index contributed by atoms with van der Waals surface area (Å²) in [6.07, 6.45) is 1.81. The summed E-state index contributed by atoms with van der Waals surface area (Å²) in [5, 5.41) is 2.81. The van der Waals surface area contributed by atoms with Gasteiger partial charge in [-0.05, 0) is 20.8 Å². The summed E-state index contributed by atoms with van der Waals surface area (Å²) in [6.45, 7) is 5.40. The monoisotopic (exact) mass is 227 g/mol. The predicted octanol–water partition coefficient (Wildman–Crippen LogP) is 0.747. The SMILES string of the molecule is COC(=O)C1=CNC(C(=O)OC(C)(C)C)C1. The van der Waals surface area contributed by atoms with Crippen molar-refractivity contribution in [2.45, 2.75) is 38.8 Å². The van der Waals surface area contributed by atoms with E-state index in [1.54, 1.807) is 20.8 Å². The summed E-state index contributed by atoms with van der Waals surface area (Å²) in [5.74, 6) is -0.777. The zero-order chi connectivity index (χ0) is 12.3. The molecule has 1 aliphatic heterocycles. The van der Waals surface area contributed by atoms with Crippen molar-refractivity contribution in [3.05, 3.63) is 11.8 Å². The number of rotatable bonds is 2. The lowest BCUT2D eigenvalue weighted by molar-refractivity contribution is -0.156. The summed E-state index contributed by atoms with van der Waals surface area (Å²) in [6, 6.07) is -0.492. The molecule has 1 heterocycles. The minimum Gasteiger partial charge on any atom is -0.466 e. The van der Waals surface area contributed by atoms with Gasteiger partial charge in [0.05, 0.1) is 12.7 Å². The van der Waals surface area contributed by atoms with Gasteiger partial charge in [0.1, 0.15) is 11.6 Å². The lowest BCUT2D eigenvalue weighted by Gasteiger charge is -2.22. The maximum absolute atomic E-state index is 11.6. The Bertz CT molecular complexity index is 327. The first-order valence-corrected chi connectivity index (χ1v) is 5.10. The van der Waals surface area contributed by atoms with Crippen molar-refractivity contribution < 1.29 is 19.1 Å². The van der Waals surface area contributed by atoms with Gasteiger partial charge in [0, 0.05) is 12.6 Å². The van der Waals surface area contributed by atoms with Crippen LogP contribution in [0.2, 0.25) is 0 Å². The molecule has 0 aromatic rings. The Morgan fingerprint density at radius 3 is 2.56 bits per heavy atom. The topological polar surface area (TPSA) is 64.6 Å². The van der Waals surface area contributed by atoms with E-state index in [4.69, 9.17) is 4.74 Å². The molecule has 0 aromatic heterocycles. The third kappa shape index (κ3) is 3.25. The second kappa shape index (κ2) is 4.55. The van der Waals surface area contributed by atoms with Crippen LogP contribution in [0.4, 0.5) is 0 Å². The van der Waals surface area contributed by atoms with Gasteiger partial charge in [-0.2, -0.15) is 0 Å². The molecule has 0 bridgehead atoms. The van der Waals surface area contributed by atoms with E-state index < -0.39 is 17.6 Å². The average molecular weight is 227 g/mol. The fourth-order valence-electron chi connectivity index (χ4n) is 1.34. The zero-order valence-electron chi connectivity index (χ0n) is 9.99. The molecule has 0 aromatic carbocycles. The minimum atomic E-state index is -0.521. The van der Waals surface area contributed by atoms with E-state index >= 15 is 0 Å². The highest BCUT2D eigenvalue weighted by Crippen LogP contribution is 2.17. The number of carbonyl (C=O) groups is 2. The molecule has 0 amide bonds. The first-order valence-electron chi connectivity index (χ1n) is 5.10. The van der Waals surface area contributed by atoms with Gasteiger partial charge in [-0.3, -0.25) is 0 Å². The van der Waals surface area contributed by atoms with E-state index in [-0.39, 0.29) is 5.97 Å². The Labute approximate surface area is 94.8 Å². The van der Waals surface area contributed by atoms with Crippen LogP contribution in [-0.4, -0.2) is 30.7 Å². The fourth-order valence-corrected chi connectivity index (χ4v) is 1.34. The fraction of sp³-hybridized carbons (Fsp3) is 0.636. The van der Waals surface area contributed by atoms with Gasteiger partial charge in [-0.15, -0.1) is 0 Å². The molecule has 0 saturated carbocycles. The Kier molecular flexibility index (Phi) is 3.57. The molecule has 1 aliphatic rings. The molecule has 0 saturated heterocycles. The van der Waals surface area contributed by atoms with Gasteiger partial charge in [0.25, 0.3) is 0 Å². The van der Waals surface area contributed by atoms with E-state index in [9.17, 15) is 9.59 Å². The lowest BCUT2D eigenvalue weighted by atomic mass is 10.1. The molecule has 5 nitrogen and oxygen atoms in total. The van der Waals surface area contributed by atoms with Gasteiger partial charge in [0.2, 0.25) is 0 Å². The Morgan fingerprint density at radius 1 is 1.44 bits per heavy atom. The molecule has 16 heavy (non-hydrogen) atoms. The number of nitrogens with one attached hydrogen (secondary N) is 1. The number of esters is 2. The number of methoxy groups -OCH3 is 1. The molecule has 0 aliphatic carbocycles. The molecule has 1 N–H and O–H groups in total. The van der Waals surface area contributed by atoms with Gasteiger partial charge >= 0.3 is 11.9 Å². The Balaban J connectivity index is 2.50. The summed E-state index contributed by atoms with van der Waals surface area (Å²) < 4.78 is 9.76. The highest BCUT2D eigenvalue weighted by atomic mass is 16.6. The van der Waals surface area contributed by atoms with Crippen LogP contribution in [0.25, 0.3) is 0 Å². The third-order valence-electron chi connectivity index (χ3n) is 2.02. The third-order valence-corrected chi connectivity index (χ3v) is 2.02. The summed E-state index contributed by atoms with van der Waals surface area (Å²) >= 11 is 0.